The van der Waals surface area contributed by atoms with E-state index in [9.17, 15) is 4.79 Å². The van der Waals surface area contributed by atoms with E-state index in [0.717, 1.165) is 29.5 Å². The van der Waals surface area contributed by atoms with E-state index in [2.05, 4.69) is 48.6 Å². The lowest BCUT2D eigenvalue weighted by Gasteiger charge is -2.35. The molecule has 37 heavy (non-hydrogen) atoms. The van der Waals surface area contributed by atoms with Crippen molar-refractivity contribution in [1.82, 2.24) is 15.5 Å². The molecule has 5 rings (SSSR count). The number of hydrogen-bond acceptors (Lipinski definition) is 5. The van der Waals surface area contributed by atoms with Crippen LogP contribution in [0, 0.1) is 0 Å². The predicted octanol–water partition coefficient (Wildman–Crippen LogP) is 6.57. The van der Waals surface area contributed by atoms with Crippen molar-refractivity contribution < 1.29 is 14.1 Å². The first kappa shape index (κ1) is 24.3. The zero-order valence-corrected chi connectivity index (χ0v) is 21.5. The quantitative estimate of drug-likeness (QED) is 0.314. The molecule has 0 aliphatic carbocycles. The molecule has 1 N–H and O–H groups in total. The van der Waals surface area contributed by atoms with Crippen molar-refractivity contribution in [2.75, 3.05) is 12.0 Å². The van der Waals surface area contributed by atoms with Crippen molar-refractivity contribution in [3.8, 4) is 17.1 Å². The Labute approximate surface area is 216 Å². The average Bonchev–Trinajstić information content (AvgIpc) is 3.42. The number of amides is 2. The lowest BCUT2D eigenvalue weighted by molar-refractivity contribution is 0.244. The van der Waals surface area contributed by atoms with Gasteiger partial charge >= 0.3 is 6.03 Å². The fourth-order valence-corrected chi connectivity index (χ4v) is 4.62. The Bertz CT molecular complexity index is 1440. The van der Waals surface area contributed by atoms with E-state index in [-0.39, 0.29) is 6.03 Å². The Morgan fingerprint density at radius 3 is 2.30 bits per heavy atom. The van der Waals surface area contributed by atoms with Gasteiger partial charge in [-0.15, -0.1) is 0 Å². The summed E-state index contributed by atoms with van der Waals surface area (Å²) in [5.41, 5.74) is 6.42. The average molecular weight is 495 g/mol. The smallest absolute Gasteiger partial charge is 0.327 e. The molecule has 0 saturated heterocycles. The summed E-state index contributed by atoms with van der Waals surface area (Å²) < 4.78 is 11.2. The van der Waals surface area contributed by atoms with Crippen molar-refractivity contribution >= 4 is 17.3 Å². The topological polar surface area (TPSA) is 80.5 Å². The molecule has 0 radical (unpaired) electrons. The molecule has 2 amide bonds. The highest BCUT2D eigenvalue weighted by atomic mass is 16.5. The Morgan fingerprint density at radius 2 is 1.65 bits per heavy atom. The third kappa shape index (κ3) is 4.72. The number of rotatable bonds is 7. The van der Waals surface area contributed by atoms with E-state index in [1.54, 1.807) is 12.0 Å². The Balaban J connectivity index is 1.62. The van der Waals surface area contributed by atoms with Crippen LogP contribution in [0.1, 0.15) is 49.4 Å². The van der Waals surface area contributed by atoms with Gasteiger partial charge < -0.3 is 14.6 Å². The highest BCUT2D eigenvalue weighted by molar-refractivity contribution is 6.01. The summed E-state index contributed by atoms with van der Waals surface area (Å²) in [6.07, 6.45) is 1.90. The number of urea groups is 1. The normalized spacial score (nSPS) is 15.6. The van der Waals surface area contributed by atoms with Crippen molar-refractivity contribution in [1.29, 1.82) is 0 Å². The monoisotopic (exact) mass is 494 g/mol. The fraction of sp³-hybridized carbons (Fsp3) is 0.233. The summed E-state index contributed by atoms with van der Waals surface area (Å²) in [5, 5.41) is 7.44. The minimum Gasteiger partial charge on any atom is -0.497 e. The van der Waals surface area contributed by atoms with Crippen LogP contribution in [0.15, 0.2) is 83.0 Å². The van der Waals surface area contributed by atoms with E-state index < -0.39 is 6.04 Å². The number of nitrogens with one attached hydrogen (secondary N) is 1. The van der Waals surface area contributed by atoms with Crippen LogP contribution in [-0.4, -0.2) is 23.3 Å². The third-order valence-corrected chi connectivity index (χ3v) is 6.79. The molecule has 2 heterocycles. The molecular weight excluding hydrogens is 464 g/mol. The second kappa shape index (κ2) is 10.3. The summed E-state index contributed by atoms with van der Waals surface area (Å²) in [6, 6.07) is 23.1. The van der Waals surface area contributed by atoms with Crippen LogP contribution in [0.3, 0.4) is 0 Å². The maximum atomic E-state index is 13.4. The largest absolute Gasteiger partial charge is 0.497 e. The van der Waals surface area contributed by atoms with Crippen molar-refractivity contribution in [3.63, 3.8) is 0 Å². The summed E-state index contributed by atoms with van der Waals surface area (Å²) in [7, 11) is 1.60. The number of hydrogen-bond donors (Lipinski definition) is 1. The molecule has 1 unspecified atom stereocenters. The van der Waals surface area contributed by atoms with Crippen molar-refractivity contribution in [2.24, 2.45) is 0 Å². The van der Waals surface area contributed by atoms with E-state index in [1.165, 1.54) is 11.1 Å². The van der Waals surface area contributed by atoms with Gasteiger partial charge in [0, 0.05) is 17.3 Å². The minimum atomic E-state index is -0.448. The SMILES string of the molecule is CCc1ccc(-c2noc(C3=C(C)N(c4cccc(OC)c4)C(=O)NC3c3ccc(CC)cc3)n2)cc1. The number of carbonyl (C=O) groups is 1. The van der Waals surface area contributed by atoms with E-state index >= 15 is 0 Å². The van der Waals surface area contributed by atoms with Crippen LogP contribution in [0.2, 0.25) is 0 Å². The van der Waals surface area contributed by atoms with E-state index in [4.69, 9.17) is 14.2 Å². The first-order valence-corrected chi connectivity index (χ1v) is 12.5. The van der Waals surface area contributed by atoms with Crippen LogP contribution in [0.4, 0.5) is 10.5 Å². The van der Waals surface area contributed by atoms with Gasteiger partial charge in [0.25, 0.3) is 5.89 Å². The molecule has 4 aromatic rings. The number of benzene rings is 3. The van der Waals surface area contributed by atoms with E-state index in [1.807, 2.05) is 55.5 Å². The number of allylic oxidation sites excluding steroid dienone is 1. The number of aromatic nitrogens is 2. The maximum Gasteiger partial charge on any atom is 0.327 e. The van der Waals surface area contributed by atoms with Gasteiger partial charge in [-0.25, -0.2) is 4.79 Å². The number of carbonyl (C=O) groups excluding carboxylic acids is 1. The molecule has 188 valence electrons. The molecule has 0 bridgehead atoms. The zero-order chi connectivity index (χ0) is 25.9. The van der Waals surface area contributed by atoms with Gasteiger partial charge in [0.15, 0.2) is 0 Å². The Morgan fingerprint density at radius 1 is 0.973 bits per heavy atom. The standard InChI is InChI=1S/C30H30N4O3/c1-5-20-10-14-22(15-11-20)27-26(29-32-28(33-37-29)23-16-12-21(6-2)13-17-23)19(3)34(30(35)31-27)24-8-7-9-25(18-24)36-4/h7-18,27H,5-6H2,1-4H3,(H,31,35). The summed E-state index contributed by atoms with van der Waals surface area (Å²) in [5.74, 6) is 1.53. The van der Waals surface area contributed by atoms with Gasteiger partial charge in [0.1, 0.15) is 5.75 Å². The van der Waals surface area contributed by atoms with Crippen LogP contribution < -0.4 is 15.0 Å². The Kier molecular flexibility index (Phi) is 6.77. The molecule has 1 aromatic heterocycles. The second-order valence-corrected chi connectivity index (χ2v) is 8.99. The van der Waals surface area contributed by atoms with Gasteiger partial charge in [-0.1, -0.05) is 73.6 Å². The highest BCUT2D eigenvalue weighted by Gasteiger charge is 2.36. The molecule has 7 heteroatoms. The lowest BCUT2D eigenvalue weighted by Crippen LogP contribution is -2.46. The first-order valence-electron chi connectivity index (χ1n) is 12.5. The lowest BCUT2D eigenvalue weighted by atomic mass is 9.93. The third-order valence-electron chi connectivity index (χ3n) is 6.79. The van der Waals surface area contributed by atoms with Gasteiger partial charge in [-0.05, 0) is 48.6 Å². The molecule has 1 atom stereocenters. The summed E-state index contributed by atoms with van der Waals surface area (Å²) in [4.78, 5) is 19.8. The summed E-state index contributed by atoms with van der Waals surface area (Å²) in [6.45, 7) is 6.14. The van der Waals surface area contributed by atoms with Crippen molar-refractivity contribution in [2.45, 2.75) is 39.7 Å². The number of nitrogens with zero attached hydrogens (tertiary/aromatic N) is 3. The number of ether oxygens (including phenoxy) is 1. The van der Waals surface area contributed by atoms with Gasteiger partial charge in [-0.3, -0.25) is 4.90 Å². The fourth-order valence-electron chi connectivity index (χ4n) is 4.62. The maximum absolute atomic E-state index is 13.4. The molecule has 7 nitrogen and oxygen atoms in total. The van der Waals surface area contributed by atoms with Crippen molar-refractivity contribution in [3.05, 3.63) is 101 Å². The second-order valence-electron chi connectivity index (χ2n) is 8.99. The van der Waals surface area contributed by atoms with Crippen LogP contribution in [0.25, 0.3) is 17.0 Å². The summed E-state index contributed by atoms with van der Waals surface area (Å²) >= 11 is 0. The highest BCUT2D eigenvalue weighted by Crippen LogP contribution is 2.39. The molecule has 3 aromatic carbocycles. The number of aryl methyl sites for hydroxylation is 2. The van der Waals surface area contributed by atoms with Gasteiger partial charge in [0.05, 0.1) is 24.4 Å². The zero-order valence-electron chi connectivity index (χ0n) is 21.5. The predicted molar refractivity (Wildman–Crippen MR) is 144 cm³/mol. The molecule has 1 aliphatic heterocycles. The van der Waals surface area contributed by atoms with Gasteiger partial charge in [-0.2, -0.15) is 4.98 Å². The first-order chi connectivity index (χ1) is 18.0. The van der Waals surface area contributed by atoms with E-state index in [0.29, 0.717) is 28.8 Å². The molecule has 0 saturated carbocycles. The number of anilines is 1. The number of methoxy groups -OCH3 is 1. The van der Waals surface area contributed by atoms with Crippen LogP contribution >= 0.6 is 0 Å². The minimum absolute atomic E-state index is 0.242. The van der Waals surface area contributed by atoms with Crippen LogP contribution in [-0.2, 0) is 12.8 Å². The molecule has 1 aliphatic rings. The van der Waals surface area contributed by atoms with Gasteiger partial charge in [0.2, 0.25) is 5.82 Å². The van der Waals surface area contributed by atoms with Crippen LogP contribution in [0.5, 0.6) is 5.75 Å². The molecular formula is C30H30N4O3. The molecule has 0 fully saturated rings. The Hall–Kier alpha value is -4.39. The molecule has 0 spiro atoms.